The number of rotatable bonds is 7. The molecule has 2 heterocycles. The number of hydrogen-bond donors (Lipinski definition) is 1. The maximum atomic E-state index is 13.6. The summed E-state index contributed by atoms with van der Waals surface area (Å²) in [5.74, 6) is 1.75. The first-order chi connectivity index (χ1) is 18.0. The normalized spacial score (nSPS) is 18.0. The van der Waals surface area contributed by atoms with Crippen LogP contribution < -0.4 is 24.3 Å². The number of carbonyl (C=O) groups is 2. The minimum absolute atomic E-state index is 0.0818. The Hall–Kier alpha value is -4.20. The van der Waals surface area contributed by atoms with E-state index in [1.807, 2.05) is 67.6 Å². The van der Waals surface area contributed by atoms with Gasteiger partial charge in [-0.2, -0.15) is 0 Å². The third-order valence-electron chi connectivity index (χ3n) is 7.06. The molecule has 3 aromatic rings. The fourth-order valence-corrected chi connectivity index (χ4v) is 5.03. The minimum Gasteiger partial charge on any atom is -0.497 e. The number of aryl methyl sites for hydroxylation is 1. The number of carbonyl (C=O) groups excluding carboxylic acids is 2. The molecule has 0 unspecified atom stereocenters. The molecule has 37 heavy (non-hydrogen) atoms. The number of methoxy groups -OCH3 is 2. The molecular weight excluding hydrogens is 472 g/mol. The standard InChI is InChI=1S/C29H30N2O6/c1-18-6-4-5-7-21(18)29(33)31-15-23(22-10-9-20(34-2)13-26(22)35-3)24(16-31)28(32)30-14-19-8-11-25-27(12-19)37-17-36-25/h4-13,23-24H,14-17H2,1-3H3,(H,30,32)/t23-,24-/m0/s1. The van der Waals surface area contributed by atoms with Crippen molar-refractivity contribution in [3.63, 3.8) is 0 Å². The zero-order valence-corrected chi connectivity index (χ0v) is 21.2. The van der Waals surface area contributed by atoms with Crippen molar-refractivity contribution in [3.8, 4) is 23.0 Å². The maximum Gasteiger partial charge on any atom is 0.254 e. The minimum atomic E-state index is -0.454. The van der Waals surface area contributed by atoms with Gasteiger partial charge in [-0.25, -0.2) is 0 Å². The lowest BCUT2D eigenvalue weighted by atomic mass is 9.87. The quantitative estimate of drug-likeness (QED) is 0.527. The molecule has 0 saturated carbocycles. The largest absolute Gasteiger partial charge is 0.497 e. The number of amides is 2. The van der Waals surface area contributed by atoms with Crippen LogP contribution in [0.15, 0.2) is 60.7 Å². The Morgan fingerprint density at radius 2 is 1.78 bits per heavy atom. The number of ether oxygens (including phenoxy) is 4. The molecule has 2 amide bonds. The van der Waals surface area contributed by atoms with Gasteiger partial charge >= 0.3 is 0 Å². The molecule has 8 heteroatoms. The maximum absolute atomic E-state index is 13.6. The highest BCUT2D eigenvalue weighted by Crippen LogP contribution is 2.40. The topological polar surface area (TPSA) is 86.3 Å². The number of benzene rings is 3. The van der Waals surface area contributed by atoms with Crippen LogP contribution in [0, 0.1) is 12.8 Å². The van der Waals surface area contributed by atoms with Gasteiger partial charge in [0.1, 0.15) is 11.5 Å². The van der Waals surface area contributed by atoms with Gasteiger partial charge in [0.25, 0.3) is 5.91 Å². The summed E-state index contributed by atoms with van der Waals surface area (Å²) in [6.45, 7) is 3.16. The Balaban J connectivity index is 1.40. The van der Waals surface area contributed by atoms with Crippen molar-refractivity contribution in [3.05, 3.63) is 82.9 Å². The van der Waals surface area contributed by atoms with Gasteiger partial charge in [-0.1, -0.05) is 30.3 Å². The Morgan fingerprint density at radius 3 is 2.57 bits per heavy atom. The van der Waals surface area contributed by atoms with Crippen LogP contribution in [-0.4, -0.2) is 50.8 Å². The van der Waals surface area contributed by atoms with Crippen LogP contribution in [0.4, 0.5) is 0 Å². The fraction of sp³-hybridized carbons (Fsp3) is 0.310. The van der Waals surface area contributed by atoms with E-state index in [4.69, 9.17) is 18.9 Å². The summed E-state index contributed by atoms with van der Waals surface area (Å²) in [6, 6.07) is 18.7. The predicted molar refractivity (Wildman–Crippen MR) is 137 cm³/mol. The Bertz CT molecular complexity index is 1320. The second-order valence-electron chi connectivity index (χ2n) is 9.25. The summed E-state index contributed by atoms with van der Waals surface area (Å²) in [5, 5.41) is 3.06. The van der Waals surface area contributed by atoms with Crippen molar-refractivity contribution in [1.82, 2.24) is 10.2 Å². The van der Waals surface area contributed by atoms with Crippen LogP contribution in [0.3, 0.4) is 0 Å². The monoisotopic (exact) mass is 502 g/mol. The van der Waals surface area contributed by atoms with E-state index in [1.165, 1.54) is 0 Å². The van der Waals surface area contributed by atoms with E-state index in [0.29, 0.717) is 48.2 Å². The van der Waals surface area contributed by atoms with Crippen molar-refractivity contribution in [2.45, 2.75) is 19.4 Å². The first-order valence-corrected chi connectivity index (χ1v) is 12.2. The number of nitrogens with one attached hydrogen (secondary N) is 1. The van der Waals surface area contributed by atoms with Crippen molar-refractivity contribution in [1.29, 1.82) is 0 Å². The molecule has 2 aliphatic heterocycles. The zero-order chi connectivity index (χ0) is 25.9. The van der Waals surface area contributed by atoms with Gasteiger partial charge in [-0.3, -0.25) is 9.59 Å². The van der Waals surface area contributed by atoms with Crippen LogP contribution in [0.2, 0.25) is 0 Å². The van der Waals surface area contributed by atoms with Gasteiger partial charge < -0.3 is 29.2 Å². The van der Waals surface area contributed by atoms with E-state index in [-0.39, 0.29) is 24.5 Å². The Morgan fingerprint density at radius 1 is 0.973 bits per heavy atom. The first-order valence-electron chi connectivity index (χ1n) is 12.2. The smallest absolute Gasteiger partial charge is 0.254 e. The van der Waals surface area contributed by atoms with Gasteiger partial charge in [-0.15, -0.1) is 0 Å². The summed E-state index contributed by atoms with van der Waals surface area (Å²) in [6.07, 6.45) is 0. The summed E-state index contributed by atoms with van der Waals surface area (Å²) < 4.78 is 21.8. The molecule has 5 rings (SSSR count). The Kier molecular flexibility index (Phi) is 6.90. The van der Waals surface area contributed by atoms with E-state index >= 15 is 0 Å². The van der Waals surface area contributed by atoms with Crippen molar-refractivity contribution in [2.75, 3.05) is 34.1 Å². The highest BCUT2D eigenvalue weighted by Gasteiger charge is 2.42. The SMILES string of the molecule is COc1ccc([C@@H]2CN(C(=O)c3ccccc3C)C[C@@H]2C(=O)NCc2ccc3c(c2)OCO3)c(OC)c1. The van der Waals surface area contributed by atoms with E-state index in [1.54, 1.807) is 19.1 Å². The first kappa shape index (κ1) is 24.5. The molecule has 1 saturated heterocycles. The second kappa shape index (κ2) is 10.4. The molecule has 0 bridgehead atoms. The van der Waals surface area contributed by atoms with Gasteiger partial charge in [-0.05, 0) is 42.3 Å². The number of nitrogens with zero attached hydrogens (tertiary/aromatic N) is 1. The molecular formula is C29H30N2O6. The molecule has 0 aliphatic carbocycles. The van der Waals surface area contributed by atoms with Crippen LogP contribution in [0.25, 0.3) is 0 Å². The number of fused-ring (bicyclic) bond motifs is 1. The molecule has 2 atom stereocenters. The second-order valence-corrected chi connectivity index (χ2v) is 9.25. The van der Waals surface area contributed by atoms with Crippen molar-refractivity contribution >= 4 is 11.8 Å². The summed E-state index contributed by atoms with van der Waals surface area (Å²) in [4.78, 5) is 28.8. The van der Waals surface area contributed by atoms with E-state index in [9.17, 15) is 9.59 Å². The molecule has 8 nitrogen and oxygen atoms in total. The van der Waals surface area contributed by atoms with Crippen LogP contribution in [0.5, 0.6) is 23.0 Å². The fourth-order valence-electron chi connectivity index (χ4n) is 5.03. The van der Waals surface area contributed by atoms with Gasteiger partial charge in [0, 0.05) is 42.7 Å². The summed E-state index contributed by atoms with van der Waals surface area (Å²) >= 11 is 0. The zero-order valence-electron chi connectivity index (χ0n) is 21.2. The lowest BCUT2D eigenvalue weighted by Gasteiger charge is -2.21. The van der Waals surface area contributed by atoms with E-state index in [2.05, 4.69) is 5.32 Å². The Labute approximate surface area is 216 Å². The predicted octanol–water partition coefficient (Wildman–Crippen LogP) is 3.91. The highest BCUT2D eigenvalue weighted by atomic mass is 16.7. The van der Waals surface area contributed by atoms with E-state index < -0.39 is 5.92 Å². The highest BCUT2D eigenvalue weighted by molar-refractivity contribution is 5.96. The van der Waals surface area contributed by atoms with Gasteiger partial charge in [0.15, 0.2) is 11.5 Å². The lowest BCUT2D eigenvalue weighted by Crippen LogP contribution is -2.35. The van der Waals surface area contributed by atoms with Crippen molar-refractivity contribution < 1.29 is 28.5 Å². The van der Waals surface area contributed by atoms with Gasteiger partial charge in [0.2, 0.25) is 12.7 Å². The van der Waals surface area contributed by atoms with Gasteiger partial charge in [0.05, 0.1) is 20.1 Å². The third kappa shape index (κ3) is 4.91. The average molecular weight is 503 g/mol. The summed E-state index contributed by atoms with van der Waals surface area (Å²) in [7, 11) is 3.19. The molecule has 1 N–H and O–H groups in total. The van der Waals surface area contributed by atoms with E-state index in [0.717, 1.165) is 16.7 Å². The molecule has 192 valence electrons. The van der Waals surface area contributed by atoms with Crippen LogP contribution in [0.1, 0.15) is 33.0 Å². The summed E-state index contributed by atoms with van der Waals surface area (Å²) in [5.41, 5.74) is 3.32. The molecule has 1 fully saturated rings. The molecule has 0 radical (unpaired) electrons. The third-order valence-corrected chi connectivity index (χ3v) is 7.06. The molecule has 0 aromatic heterocycles. The van der Waals surface area contributed by atoms with Crippen molar-refractivity contribution in [2.24, 2.45) is 5.92 Å². The van der Waals surface area contributed by atoms with Crippen LogP contribution >= 0.6 is 0 Å². The van der Waals surface area contributed by atoms with Crippen LogP contribution in [-0.2, 0) is 11.3 Å². The number of hydrogen-bond acceptors (Lipinski definition) is 6. The molecule has 2 aliphatic rings. The molecule has 0 spiro atoms. The lowest BCUT2D eigenvalue weighted by molar-refractivity contribution is -0.125. The average Bonchev–Trinajstić information content (AvgIpc) is 3.58. The number of likely N-dealkylation sites (tertiary alicyclic amines) is 1. The molecule has 3 aromatic carbocycles.